The summed E-state index contributed by atoms with van der Waals surface area (Å²) in [4.78, 5) is 3.98. The van der Waals surface area contributed by atoms with Crippen LogP contribution in [0.5, 0.6) is 0 Å². The van der Waals surface area contributed by atoms with E-state index in [9.17, 15) is 0 Å². The van der Waals surface area contributed by atoms with Crippen molar-refractivity contribution in [3.8, 4) is 0 Å². The molecule has 0 atom stereocenters. The number of hydrogen-bond donors (Lipinski definition) is 0. The summed E-state index contributed by atoms with van der Waals surface area (Å²) >= 11 is 1.58. The van der Waals surface area contributed by atoms with Crippen LogP contribution in [0.3, 0.4) is 0 Å². The fraction of sp³-hybridized carbons (Fsp3) is 0.0833. The van der Waals surface area contributed by atoms with E-state index in [4.69, 9.17) is 0 Å². The standard InChI is InChI=1S/C12H13NS/c1-4-11(12(13-2)14-3)10-8-6-5-7-9-10/h4-9H,1-2H2,3H3/b12-11+. The van der Waals surface area contributed by atoms with Crippen molar-refractivity contribution < 1.29 is 0 Å². The van der Waals surface area contributed by atoms with E-state index in [0.29, 0.717) is 0 Å². The molecule has 0 spiro atoms. The number of hydrogen-bond acceptors (Lipinski definition) is 2. The van der Waals surface area contributed by atoms with Gasteiger partial charge in [0, 0.05) is 5.57 Å². The third-order valence-corrected chi connectivity index (χ3v) is 2.59. The molecule has 1 nitrogen and oxygen atoms in total. The van der Waals surface area contributed by atoms with Gasteiger partial charge in [-0.25, -0.2) is 0 Å². The third-order valence-electron chi connectivity index (χ3n) is 1.86. The Hall–Kier alpha value is -1.28. The van der Waals surface area contributed by atoms with E-state index in [1.807, 2.05) is 42.7 Å². The molecule has 0 amide bonds. The first-order chi connectivity index (χ1) is 6.83. The zero-order chi connectivity index (χ0) is 10.4. The van der Waals surface area contributed by atoms with E-state index in [-0.39, 0.29) is 0 Å². The van der Waals surface area contributed by atoms with E-state index < -0.39 is 0 Å². The van der Waals surface area contributed by atoms with Crippen LogP contribution in [0.2, 0.25) is 0 Å². The maximum atomic E-state index is 3.98. The number of nitrogens with zero attached hydrogens (tertiary/aromatic N) is 1. The highest BCUT2D eigenvalue weighted by molar-refractivity contribution is 8.02. The van der Waals surface area contributed by atoms with Crippen LogP contribution in [0.15, 0.2) is 53.0 Å². The molecule has 1 rings (SSSR count). The first kappa shape index (κ1) is 10.8. The molecule has 0 radical (unpaired) electrons. The van der Waals surface area contributed by atoms with Crippen LogP contribution in [0.25, 0.3) is 5.57 Å². The third kappa shape index (κ3) is 2.36. The van der Waals surface area contributed by atoms with Crippen LogP contribution >= 0.6 is 11.8 Å². The quantitative estimate of drug-likeness (QED) is 0.538. The molecule has 0 unspecified atom stereocenters. The van der Waals surface area contributed by atoms with Crippen molar-refractivity contribution in [2.24, 2.45) is 4.99 Å². The average Bonchev–Trinajstić information content (AvgIpc) is 2.27. The first-order valence-electron chi connectivity index (χ1n) is 4.26. The minimum Gasteiger partial charge on any atom is -0.257 e. The Morgan fingerprint density at radius 3 is 2.43 bits per heavy atom. The average molecular weight is 203 g/mol. The number of aliphatic imine (C=N–C) groups is 1. The van der Waals surface area contributed by atoms with Gasteiger partial charge in [-0.15, -0.1) is 11.8 Å². The largest absolute Gasteiger partial charge is 0.257 e. The van der Waals surface area contributed by atoms with Crippen LogP contribution in [-0.4, -0.2) is 13.0 Å². The highest BCUT2D eigenvalue weighted by atomic mass is 32.2. The van der Waals surface area contributed by atoms with Crippen LogP contribution in [0, 0.1) is 0 Å². The van der Waals surface area contributed by atoms with Crippen LogP contribution in [0.1, 0.15) is 5.56 Å². The molecule has 0 fully saturated rings. The lowest BCUT2D eigenvalue weighted by molar-refractivity contribution is 1.53. The Balaban J connectivity index is 3.22. The van der Waals surface area contributed by atoms with Crippen LogP contribution in [0.4, 0.5) is 0 Å². The van der Waals surface area contributed by atoms with Gasteiger partial charge in [-0.1, -0.05) is 43.0 Å². The van der Waals surface area contributed by atoms with Crippen LogP contribution < -0.4 is 0 Å². The second-order valence-electron chi connectivity index (χ2n) is 2.65. The smallest absolute Gasteiger partial charge is 0.103 e. The zero-order valence-electron chi connectivity index (χ0n) is 8.23. The van der Waals surface area contributed by atoms with Gasteiger partial charge in [0.1, 0.15) is 5.03 Å². The zero-order valence-corrected chi connectivity index (χ0v) is 9.05. The molecule has 0 N–H and O–H groups in total. The Bertz CT molecular complexity index is 352. The monoisotopic (exact) mass is 203 g/mol. The number of benzene rings is 1. The van der Waals surface area contributed by atoms with Crippen molar-refractivity contribution in [1.82, 2.24) is 0 Å². The lowest BCUT2D eigenvalue weighted by atomic mass is 10.1. The fourth-order valence-electron chi connectivity index (χ4n) is 1.21. The van der Waals surface area contributed by atoms with Gasteiger partial charge in [-0.2, -0.15) is 0 Å². The molecule has 0 saturated heterocycles. The summed E-state index contributed by atoms with van der Waals surface area (Å²) in [6.45, 7) is 7.34. The SMILES string of the molecule is C=C/C(=C(/N=C)SC)c1ccccc1. The van der Waals surface area contributed by atoms with Gasteiger partial charge >= 0.3 is 0 Å². The van der Waals surface area contributed by atoms with E-state index >= 15 is 0 Å². The molecule has 14 heavy (non-hydrogen) atoms. The van der Waals surface area contributed by atoms with Crippen LogP contribution in [-0.2, 0) is 0 Å². The lowest BCUT2D eigenvalue weighted by Gasteiger charge is -2.05. The molecule has 2 heteroatoms. The van der Waals surface area contributed by atoms with E-state index in [1.54, 1.807) is 11.8 Å². The predicted molar refractivity (Wildman–Crippen MR) is 66.6 cm³/mol. The molecular weight excluding hydrogens is 190 g/mol. The van der Waals surface area contributed by atoms with Gasteiger partial charge in [-0.05, 0) is 18.5 Å². The second-order valence-corrected chi connectivity index (χ2v) is 3.45. The van der Waals surface area contributed by atoms with E-state index in [0.717, 1.165) is 16.2 Å². The molecular formula is C12H13NS. The van der Waals surface area contributed by atoms with Crippen molar-refractivity contribution in [3.05, 3.63) is 53.6 Å². The lowest BCUT2D eigenvalue weighted by Crippen LogP contribution is -1.83. The molecule has 0 aliphatic rings. The van der Waals surface area contributed by atoms with Gasteiger partial charge in [-0.3, -0.25) is 4.99 Å². The predicted octanol–water partition coefficient (Wildman–Crippen LogP) is 3.60. The Morgan fingerprint density at radius 2 is 2.00 bits per heavy atom. The summed E-state index contributed by atoms with van der Waals surface area (Å²) in [6.07, 6.45) is 3.80. The second kappa shape index (κ2) is 5.45. The summed E-state index contributed by atoms with van der Waals surface area (Å²) < 4.78 is 0. The molecule has 72 valence electrons. The molecule has 0 saturated carbocycles. The first-order valence-corrected chi connectivity index (χ1v) is 5.48. The Labute approximate surface area is 89.3 Å². The van der Waals surface area contributed by atoms with Gasteiger partial charge in [0.25, 0.3) is 0 Å². The van der Waals surface area contributed by atoms with Gasteiger partial charge in [0.2, 0.25) is 0 Å². The molecule has 1 aromatic carbocycles. The topological polar surface area (TPSA) is 12.4 Å². The fourth-order valence-corrected chi connectivity index (χ4v) is 1.76. The van der Waals surface area contributed by atoms with Crippen molar-refractivity contribution in [3.63, 3.8) is 0 Å². The minimum atomic E-state index is 0.909. The van der Waals surface area contributed by atoms with Gasteiger partial charge < -0.3 is 0 Å². The summed E-state index contributed by atoms with van der Waals surface area (Å²) in [5.74, 6) is 0. The maximum Gasteiger partial charge on any atom is 0.103 e. The highest BCUT2D eigenvalue weighted by Gasteiger charge is 2.02. The van der Waals surface area contributed by atoms with Crippen molar-refractivity contribution in [2.45, 2.75) is 0 Å². The van der Waals surface area contributed by atoms with Crippen molar-refractivity contribution in [2.75, 3.05) is 6.26 Å². The summed E-state index contributed by atoms with van der Waals surface area (Å²) in [7, 11) is 0. The summed E-state index contributed by atoms with van der Waals surface area (Å²) in [6, 6.07) is 10.1. The summed E-state index contributed by atoms with van der Waals surface area (Å²) in [5.41, 5.74) is 2.16. The Kier molecular flexibility index (Phi) is 4.20. The molecule has 0 aliphatic carbocycles. The minimum absolute atomic E-state index is 0.909. The highest BCUT2D eigenvalue weighted by Crippen LogP contribution is 2.26. The molecule has 0 bridgehead atoms. The van der Waals surface area contributed by atoms with E-state index in [2.05, 4.69) is 18.3 Å². The molecule has 0 heterocycles. The normalized spacial score (nSPS) is 11.8. The van der Waals surface area contributed by atoms with Gasteiger partial charge in [0.15, 0.2) is 0 Å². The Morgan fingerprint density at radius 1 is 1.36 bits per heavy atom. The van der Waals surface area contributed by atoms with Crippen molar-refractivity contribution in [1.29, 1.82) is 0 Å². The number of thioether (sulfide) groups is 1. The molecule has 0 aromatic heterocycles. The van der Waals surface area contributed by atoms with E-state index in [1.165, 1.54) is 0 Å². The number of rotatable bonds is 4. The van der Waals surface area contributed by atoms with Crippen molar-refractivity contribution >= 4 is 24.1 Å². The summed E-state index contributed by atoms with van der Waals surface area (Å²) in [5, 5.41) is 0.909. The molecule has 0 aliphatic heterocycles. The maximum absolute atomic E-state index is 3.98. The van der Waals surface area contributed by atoms with Gasteiger partial charge in [0.05, 0.1) is 0 Å². The molecule has 1 aromatic rings. The number of allylic oxidation sites excluding steroid dienone is 2.